The summed E-state index contributed by atoms with van der Waals surface area (Å²) in [5.74, 6) is 0. The Kier molecular flexibility index (Phi) is 56.8. The molecule has 0 aliphatic heterocycles. The standard InChI is InChI=1S/C44H90O15/c1-2-3-4-5-6-7-8-9-10-11-12-13-14-15-17-46-19-21-48-23-25-50-27-29-52-31-33-54-35-37-56-39-41-58-43-44-59-42-40-57-38-36-55-34-32-53-30-28-51-26-24-49-22-20-47-18-16-45/h45H,2-44H2,1H3. The van der Waals surface area contributed by atoms with Crippen LogP contribution in [0.1, 0.15) is 96.8 Å². The topological polar surface area (TPSA) is 149 Å². The van der Waals surface area contributed by atoms with Crippen LogP contribution in [0.4, 0.5) is 0 Å². The molecule has 0 atom stereocenters. The largest absolute Gasteiger partial charge is 0.394 e. The molecule has 0 aromatic rings. The number of unbranched alkanes of at least 4 members (excludes halogenated alkanes) is 13. The predicted octanol–water partition coefficient (Wildman–Crippen LogP) is 5.69. The van der Waals surface area contributed by atoms with Crippen molar-refractivity contribution in [3.63, 3.8) is 0 Å². The Morgan fingerprint density at radius 3 is 0.525 bits per heavy atom. The fourth-order valence-electron chi connectivity index (χ4n) is 5.42. The van der Waals surface area contributed by atoms with Crippen molar-refractivity contribution >= 4 is 0 Å². The quantitative estimate of drug-likeness (QED) is 0.0746. The Balaban J connectivity index is 3.06. The molecule has 0 saturated heterocycles. The average molecular weight is 859 g/mol. The molecule has 0 spiro atoms. The monoisotopic (exact) mass is 859 g/mol. The van der Waals surface area contributed by atoms with Crippen LogP contribution in [0.3, 0.4) is 0 Å². The fourth-order valence-corrected chi connectivity index (χ4v) is 5.42. The lowest BCUT2D eigenvalue weighted by atomic mass is 10.0. The lowest BCUT2D eigenvalue weighted by molar-refractivity contribution is -0.0297. The van der Waals surface area contributed by atoms with E-state index in [-0.39, 0.29) is 6.61 Å². The molecule has 0 heterocycles. The van der Waals surface area contributed by atoms with Crippen LogP contribution < -0.4 is 0 Å². The Labute approximate surface area is 359 Å². The molecule has 0 rings (SSSR count). The molecule has 59 heavy (non-hydrogen) atoms. The molecule has 15 heteroatoms. The number of rotatable bonds is 56. The molecule has 0 aliphatic carbocycles. The first kappa shape index (κ1) is 58.4. The minimum absolute atomic E-state index is 0.0246. The number of aliphatic hydroxyl groups excluding tert-OH is 1. The van der Waals surface area contributed by atoms with Gasteiger partial charge in [0.15, 0.2) is 0 Å². The number of hydrogen-bond acceptors (Lipinski definition) is 15. The zero-order valence-corrected chi connectivity index (χ0v) is 37.6. The van der Waals surface area contributed by atoms with E-state index in [0.29, 0.717) is 178 Å². The van der Waals surface area contributed by atoms with E-state index in [4.69, 9.17) is 71.4 Å². The molecule has 1 N–H and O–H groups in total. The van der Waals surface area contributed by atoms with Gasteiger partial charge in [-0.1, -0.05) is 90.4 Å². The normalized spacial score (nSPS) is 11.7. The summed E-state index contributed by atoms with van der Waals surface area (Å²) in [6.07, 6.45) is 19.2. The lowest BCUT2D eigenvalue weighted by Gasteiger charge is -2.09. The fraction of sp³-hybridized carbons (Fsp3) is 1.00. The number of hydrogen-bond donors (Lipinski definition) is 1. The van der Waals surface area contributed by atoms with Crippen LogP contribution in [0.25, 0.3) is 0 Å². The van der Waals surface area contributed by atoms with Crippen LogP contribution in [-0.4, -0.2) is 197 Å². The van der Waals surface area contributed by atoms with Crippen molar-refractivity contribution < 1.29 is 71.4 Å². The van der Waals surface area contributed by atoms with Crippen molar-refractivity contribution in [2.75, 3.05) is 192 Å². The molecule has 0 saturated carbocycles. The van der Waals surface area contributed by atoms with Crippen LogP contribution in [0.15, 0.2) is 0 Å². The zero-order valence-electron chi connectivity index (χ0n) is 37.6. The summed E-state index contributed by atoms with van der Waals surface area (Å²) in [7, 11) is 0. The zero-order chi connectivity index (χ0) is 42.3. The van der Waals surface area contributed by atoms with Gasteiger partial charge in [-0.15, -0.1) is 0 Å². The Morgan fingerprint density at radius 1 is 0.186 bits per heavy atom. The molecule has 15 nitrogen and oxygen atoms in total. The van der Waals surface area contributed by atoms with Crippen molar-refractivity contribution in [2.45, 2.75) is 96.8 Å². The highest BCUT2D eigenvalue weighted by Gasteiger charge is 1.99. The molecule has 0 aromatic carbocycles. The van der Waals surface area contributed by atoms with E-state index >= 15 is 0 Å². The van der Waals surface area contributed by atoms with Gasteiger partial charge in [0.05, 0.1) is 185 Å². The summed E-state index contributed by atoms with van der Waals surface area (Å²) in [5.41, 5.74) is 0. The van der Waals surface area contributed by atoms with E-state index in [0.717, 1.165) is 13.0 Å². The third-order valence-electron chi connectivity index (χ3n) is 8.71. The van der Waals surface area contributed by atoms with E-state index in [1.54, 1.807) is 0 Å². The molecule has 0 amide bonds. The van der Waals surface area contributed by atoms with Crippen molar-refractivity contribution in [3.8, 4) is 0 Å². The second-order valence-corrected chi connectivity index (χ2v) is 13.9. The van der Waals surface area contributed by atoms with Gasteiger partial charge in [0, 0.05) is 6.61 Å². The number of aliphatic hydroxyl groups is 1. The van der Waals surface area contributed by atoms with Crippen LogP contribution in [0.2, 0.25) is 0 Å². The molecule has 0 radical (unpaired) electrons. The van der Waals surface area contributed by atoms with Gasteiger partial charge in [0.1, 0.15) is 0 Å². The van der Waals surface area contributed by atoms with E-state index in [1.165, 1.54) is 83.5 Å². The van der Waals surface area contributed by atoms with E-state index < -0.39 is 0 Å². The maximum absolute atomic E-state index is 8.60. The Morgan fingerprint density at radius 2 is 0.339 bits per heavy atom. The minimum atomic E-state index is 0.0246. The molecular formula is C44H90O15. The van der Waals surface area contributed by atoms with Crippen LogP contribution in [0.5, 0.6) is 0 Å². The summed E-state index contributed by atoms with van der Waals surface area (Å²) in [6, 6.07) is 0. The van der Waals surface area contributed by atoms with Gasteiger partial charge >= 0.3 is 0 Å². The average Bonchev–Trinajstić information content (AvgIpc) is 3.25. The SMILES string of the molecule is CCCCCCCCCCCCCCCCOCCOCCOCCOCCOCCOCCOCCOCCOCCOCCOCCOCCOCCOCCO. The molecule has 0 unspecified atom stereocenters. The van der Waals surface area contributed by atoms with Crippen LogP contribution in [0, 0.1) is 0 Å². The van der Waals surface area contributed by atoms with Crippen molar-refractivity contribution in [1.82, 2.24) is 0 Å². The molecule has 0 aliphatic rings. The highest BCUT2D eigenvalue weighted by atomic mass is 16.6. The smallest absolute Gasteiger partial charge is 0.0701 e. The second-order valence-electron chi connectivity index (χ2n) is 13.9. The Hall–Kier alpha value is -0.600. The van der Waals surface area contributed by atoms with Gasteiger partial charge in [0.25, 0.3) is 0 Å². The second kappa shape index (κ2) is 57.4. The van der Waals surface area contributed by atoms with Gasteiger partial charge < -0.3 is 71.4 Å². The van der Waals surface area contributed by atoms with E-state index in [2.05, 4.69) is 6.92 Å². The van der Waals surface area contributed by atoms with E-state index in [9.17, 15) is 0 Å². The molecule has 0 bridgehead atoms. The van der Waals surface area contributed by atoms with Crippen molar-refractivity contribution in [2.24, 2.45) is 0 Å². The van der Waals surface area contributed by atoms with E-state index in [1.807, 2.05) is 0 Å². The maximum atomic E-state index is 8.60. The van der Waals surface area contributed by atoms with Crippen molar-refractivity contribution in [1.29, 1.82) is 0 Å². The van der Waals surface area contributed by atoms with Gasteiger partial charge in [-0.05, 0) is 6.42 Å². The summed E-state index contributed by atoms with van der Waals surface area (Å²) >= 11 is 0. The first-order valence-electron chi connectivity index (χ1n) is 23.1. The van der Waals surface area contributed by atoms with Gasteiger partial charge in [-0.2, -0.15) is 0 Å². The molecule has 0 fully saturated rings. The van der Waals surface area contributed by atoms with Gasteiger partial charge in [0.2, 0.25) is 0 Å². The molecule has 356 valence electrons. The van der Waals surface area contributed by atoms with Crippen LogP contribution in [-0.2, 0) is 66.3 Å². The molecular weight excluding hydrogens is 768 g/mol. The van der Waals surface area contributed by atoms with Gasteiger partial charge in [-0.3, -0.25) is 0 Å². The lowest BCUT2D eigenvalue weighted by Crippen LogP contribution is -2.15. The summed E-state index contributed by atoms with van der Waals surface area (Å²) in [5, 5.41) is 8.60. The first-order valence-corrected chi connectivity index (χ1v) is 23.1. The maximum Gasteiger partial charge on any atom is 0.0701 e. The van der Waals surface area contributed by atoms with Crippen LogP contribution >= 0.6 is 0 Å². The highest BCUT2D eigenvalue weighted by molar-refractivity contribution is 4.50. The summed E-state index contributed by atoms with van der Waals surface area (Å²) in [4.78, 5) is 0. The molecule has 0 aromatic heterocycles. The van der Waals surface area contributed by atoms with Crippen molar-refractivity contribution in [3.05, 3.63) is 0 Å². The van der Waals surface area contributed by atoms with Gasteiger partial charge in [-0.25, -0.2) is 0 Å². The third kappa shape index (κ3) is 57.4. The number of ether oxygens (including phenoxy) is 14. The minimum Gasteiger partial charge on any atom is -0.394 e. The summed E-state index contributed by atoms with van der Waals surface area (Å²) < 4.78 is 76.7. The highest BCUT2D eigenvalue weighted by Crippen LogP contribution is 2.13. The predicted molar refractivity (Wildman–Crippen MR) is 229 cm³/mol. The third-order valence-corrected chi connectivity index (χ3v) is 8.71. The first-order chi connectivity index (χ1) is 29.4. The summed E-state index contributed by atoms with van der Waals surface area (Å²) in [6.45, 7) is 17.0. The Bertz CT molecular complexity index is 657.